The number of nitrogens with one attached hydrogen (secondary N) is 1. The van der Waals surface area contributed by atoms with Gasteiger partial charge < -0.3 is 9.88 Å². The number of amides is 1. The van der Waals surface area contributed by atoms with Gasteiger partial charge in [-0.15, -0.1) is 0 Å². The minimum atomic E-state index is -3.76. The van der Waals surface area contributed by atoms with Crippen LogP contribution in [-0.4, -0.2) is 69.6 Å². The number of piperazine rings is 1. The molecule has 1 fully saturated rings. The van der Waals surface area contributed by atoms with Gasteiger partial charge in [0.1, 0.15) is 17.3 Å². The van der Waals surface area contributed by atoms with Crippen molar-refractivity contribution in [3.8, 4) is 11.5 Å². The Morgan fingerprint density at radius 2 is 1.81 bits per heavy atom. The molecule has 1 N–H and O–H groups in total. The molecule has 0 radical (unpaired) electrons. The summed E-state index contributed by atoms with van der Waals surface area (Å²) in [4.78, 5) is 40.7. The van der Waals surface area contributed by atoms with E-state index < -0.39 is 10.0 Å². The summed E-state index contributed by atoms with van der Waals surface area (Å²) in [5.41, 5.74) is 1.93. The second kappa shape index (κ2) is 9.72. The second-order valence-electron chi connectivity index (χ2n) is 8.16. The number of carbonyl (C=O) groups is 1. The molecule has 4 heterocycles. The summed E-state index contributed by atoms with van der Waals surface area (Å²) in [5.74, 6) is 0.0283. The van der Waals surface area contributed by atoms with Crippen molar-refractivity contribution in [2.24, 2.45) is 5.18 Å². The molecular formula is C23H20ClN7O4S. The molecule has 11 nitrogen and oxygen atoms in total. The van der Waals surface area contributed by atoms with Crippen LogP contribution in [0.4, 0.5) is 0 Å². The molecule has 4 aromatic rings. The van der Waals surface area contributed by atoms with E-state index in [1.54, 1.807) is 47.4 Å². The van der Waals surface area contributed by atoms with Gasteiger partial charge in [0.05, 0.1) is 11.3 Å². The molecule has 1 aromatic carbocycles. The van der Waals surface area contributed by atoms with Crippen LogP contribution in [0.15, 0.2) is 65.1 Å². The van der Waals surface area contributed by atoms with Gasteiger partial charge in [-0.1, -0.05) is 22.8 Å². The largest absolute Gasteiger partial charge is 0.345 e. The number of rotatable bonds is 6. The maximum atomic E-state index is 13.1. The summed E-state index contributed by atoms with van der Waals surface area (Å²) in [6, 6.07) is 11.8. The number of hydrogen-bond acceptors (Lipinski definition) is 8. The summed E-state index contributed by atoms with van der Waals surface area (Å²) in [6.07, 6.45) is 2.82. The van der Waals surface area contributed by atoms with Crippen LogP contribution in [-0.2, 0) is 16.6 Å². The highest BCUT2D eigenvalue weighted by atomic mass is 35.5. The average molecular weight is 526 g/mol. The van der Waals surface area contributed by atoms with Gasteiger partial charge in [-0.3, -0.25) is 4.79 Å². The van der Waals surface area contributed by atoms with Gasteiger partial charge in [0.25, 0.3) is 15.9 Å². The highest BCUT2D eigenvalue weighted by molar-refractivity contribution is 7.89. The Morgan fingerprint density at radius 1 is 1.06 bits per heavy atom. The van der Waals surface area contributed by atoms with Crippen LogP contribution >= 0.6 is 11.6 Å². The highest BCUT2D eigenvalue weighted by Crippen LogP contribution is 2.25. The molecule has 1 aliphatic heterocycles. The standard InChI is InChI=1S/C23H20ClN7O4S/c24-17-4-5-19-15(10-17)11-21(29-19)36(34,35)31-8-6-30(7-9-31)23(32)16-12-25-22(26-13-16)20-3-1-2-18(28-20)14-27-33/h1-5,10-13,29H,6-9,14H2. The van der Waals surface area contributed by atoms with Crippen LogP contribution in [0.5, 0.6) is 0 Å². The van der Waals surface area contributed by atoms with Crippen molar-refractivity contribution in [2.45, 2.75) is 11.6 Å². The number of hydrogen-bond donors (Lipinski definition) is 1. The zero-order chi connectivity index (χ0) is 25.3. The third-order valence-corrected chi connectivity index (χ3v) is 7.92. The number of benzene rings is 1. The van der Waals surface area contributed by atoms with Crippen molar-refractivity contribution in [2.75, 3.05) is 26.2 Å². The van der Waals surface area contributed by atoms with E-state index in [4.69, 9.17) is 11.6 Å². The normalized spacial score (nSPS) is 14.8. The summed E-state index contributed by atoms with van der Waals surface area (Å²) in [7, 11) is -3.76. The van der Waals surface area contributed by atoms with E-state index in [-0.39, 0.29) is 49.2 Å². The minimum Gasteiger partial charge on any atom is -0.345 e. The molecule has 0 atom stereocenters. The monoisotopic (exact) mass is 525 g/mol. The molecule has 36 heavy (non-hydrogen) atoms. The predicted octanol–water partition coefficient (Wildman–Crippen LogP) is 3.09. The number of nitroso groups, excluding NO2 is 1. The van der Waals surface area contributed by atoms with Crippen molar-refractivity contribution >= 4 is 38.4 Å². The van der Waals surface area contributed by atoms with Crippen molar-refractivity contribution < 1.29 is 13.2 Å². The van der Waals surface area contributed by atoms with Crippen molar-refractivity contribution in [3.63, 3.8) is 0 Å². The molecule has 0 bridgehead atoms. The molecule has 5 rings (SSSR count). The molecule has 0 aliphatic carbocycles. The number of carbonyl (C=O) groups excluding carboxylic acids is 1. The van der Waals surface area contributed by atoms with E-state index in [0.29, 0.717) is 33.1 Å². The number of nitrogens with zero attached hydrogens (tertiary/aromatic N) is 6. The van der Waals surface area contributed by atoms with Crippen molar-refractivity contribution in [3.05, 3.63) is 76.0 Å². The summed E-state index contributed by atoms with van der Waals surface area (Å²) >= 11 is 6.01. The fraction of sp³-hybridized carbons (Fsp3) is 0.217. The number of sulfonamides is 1. The van der Waals surface area contributed by atoms with Gasteiger partial charge in [-0.05, 0) is 36.4 Å². The maximum Gasteiger partial charge on any atom is 0.258 e. The lowest BCUT2D eigenvalue weighted by Gasteiger charge is -2.33. The van der Waals surface area contributed by atoms with Gasteiger partial charge in [0, 0.05) is 54.5 Å². The summed E-state index contributed by atoms with van der Waals surface area (Å²) < 4.78 is 27.6. The first-order valence-corrected chi connectivity index (χ1v) is 12.8. The summed E-state index contributed by atoms with van der Waals surface area (Å²) in [5, 5.41) is 4.15. The van der Waals surface area contributed by atoms with Crippen molar-refractivity contribution in [1.82, 2.24) is 29.1 Å². The Bertz CT molecular complexity index is 1550. The van der Waals surface area contributed by atoms with E-state index in [9.17, 15) is 18.1 Å². The number of H-pyrrole nitrogens is 1. The lowest BCUT2D eigenvalue weighted by atomic mass is 10.2. The van der Waals surface area contributed by atoms with Crippen LogP contribution < -0.4 is 0 Å². The Balaban J connectivity index is 1.25. The molecule has 1 aliphatic rings. The Labute approximate surface area is 211 Å². The zero-order valence-corrected chi connectivity index (χ0v) is 20.4. The average Bonchev–Trinajstić information content (AvgIpc) is 3.33. The van der Waals surface area contributed by atoms with E-state index >= 15 is 0 Å². The fourth-order valence-corrected chi connectivity index (χ4v) is 5.62. The number of fused-ring (bicyclic) bond motifs is 1. The second-order valence-corrected chi connectivity index (χ2v) is 10.5. The van der Waals surface area contributed by atoms with Crippen LogP contribution in [0.1, 0.15) is 16.1 Å². The van der Waals surface area contributed by atoms with E-state index in [2.05, 4.69) is 25.1 Å². The summed E-state index contributed by atoms with van der Waals surface area (Å²) in [6.45, 7) is 0.721. The first-order valence-electron chi connectivity index (χ1n) is 11.0. The SMILES string of the molecule is O=NCc1cccc(-c2ncc(C(=O)N3CCN(S(=O)(=O)c4cc5cc(Cl)ccc5[nH]4)CC3)cn2)n1. The Hall–Kier alpha value is -3.74. The quantitative estimate of drug-likeness (QED) is 0.381. The molecule has 0 unspecified atom stereocenters. The Kier molecular flexibility index (Phi) is 6.48. The highest BCUT2D eigenvalue weighted by Gasteiger charge is 2.31. The molecule has 1 saturated heterocycles. The van der Waals surface area contributed by atoms with Gasteiger partial charge in [0.2, 0.25) is 0 Å². The molecular weight excluding hydrogens is 506 g/mol. The molecule has 3 aromatic heterocycles. The number of aromatic amines is 1. The van der Waals surface area contributed by atoms with Gasteiger partial charge >= 0.3 is 0 Å². The fourth-order valence-electron chi connectivity index (χ4n) is 4.00. The number of pyridine rings is 1. The Morgan fingerprint density at radius 3 is 2.53 bits per heavy atom. The smallest absolute Gasteiger partial charge is 0.258 e. The third-order valence-electron chi connectivity index (χ3n) is 5.86. The molecule has 0 spiro atoms. The topological polar surface area (TPSA) is 142 Å². The lowest BCUT2D eigenvalue weighted by Crippen LogP contribution is -2.50. The zero-order valence-electron chi connectivity index (χ0n) is 18.8. The minimum absolute atomic E-state index is 0.0548. The van der Waals surface area contributed by atoms with E-state index in [1.165, 1.54) is 16.7 Å². The van der Waals surface area contributed by atoms with Crippen LogP contribution in [0.2, 0.25) is 5.02 Å². The number of aromatic nitrogens is 4. The van der Waals surface area contributed by atoms with E-state index in [0.717, 1.165) is 0 Å². The van der Waals surface area contributed by atoms with Gasteiger partial charge in [0.15, 0.2) is 5.82 Å². The van der Waals surface area contributed by atoms with Crippen molar-refractivity contribution in [1.29, 1.82) is 0 Å². The molecule has 13 heteroatoms. The van der Waals surface area contributed by atoms with Crippen LogP contribution in [0.25, 0.3) is 22.4 Å². The number of halogens is 1. The first kappa shape index (κ1) is 24.0. The third kappa shape index (κ3) is 4.70. The molecule has 1 amide bonds. The van der Waals surface area contributed by atoms with Gasteiger partial charge in [-0.2, -0.15) is 9.21 Å². The molecule has 0 saturated carbocycles. The first-order chi connectivity index (χ1) is 17.3. The van der Waals surface area contributed by atoms with Gasteiger partial charge in [-0.25, -0.2) is 23.4 Å². The van der Waals surface area contributed by atoms with Crippen LogP contribution in [0, 0.1) is 4.91 Å². The maximum absolute atomic E-state index is 13.1. The molecule has 184 valence electrons. The van der Waals surface area contributed by atoms with Crippen LogP contribution in [0.3, 0.4) is 0 Å². The predicted molar refractivity (Wildman–Crippen MR) is 133 cm³/mol. The van der Waals surface area contributed by atoms with E-state index in [1.807, 2.05) is 0 Å². The lowest BCUT2D eigenvalue weighted by molar-refractivity contribution is 0.0697.